The van der Waals surface area contributed by atoms with Crippen molar-refractivity contribution in [2.75, 3.05) is 44.1 Å². The molecule has 1 saturated heterocycles. The fourth-order valence-electron chi connectivity index (χ4n) is 5.13. The predicted molar refractivity (Wildman–Crippen MR) is 139 cm³/mol. The van der Waals surface area contributed by atoms with Crippen LogP contribution >= 0.6 is 0 Å². The monoisotopic (exact) mass is 458 g/mol. The van der Waals surface area contributed by atoms with Gasteiger partial charge in [-0.1, -0.05) is 12.1 Å². The average Bonchev–Trinajstić information content (AvgIpc) is 3.21. The number of halogens is 1. The Morgan fingerprint density at radius 2 is 1.74 bits per heavy atom. The molecular weight excluding hydrogens is 427 g/mol. The maximum atomic E-state index is 13.5. The molecule has 0 saturated carbocycles. The molecule has 0 amide bonds. The third kappa shape index (κ3) is 4.01. The van der Waals surface area contributed by atoms with Gasteiger partial charge in [-0.2, -0.15) is 5.10 Å². The van der Waals surface area contributed by atoms with Crippen LogP contribution in [0.25, 0.3) is 11.1 Å². The highest BCUT2D eigenvalue weighted by molar-refractivity contribution is 6.10. The van der Waals surface area contributed by atoms with Crippen molar-refractivity contribution < 1.29 is 4.39 Å². The van der Waals surface area contributed by atoms with Gasteiger partial charge in [0.05, 0.1) is 11.4 Å². The molecule has 34 heavy (non-hydrogen) atoms. The van der Waals surface area contributed by atoms with E-state index in [0.29, 0.717) is 12.6 Å². The van der Waals surface area contributed by atoms with Crippen LogP contribution in [0.5, 0.6) is 0 Å². The smallest absolute Gasteiger partial charge is 0.173 e. The summed E-state index contributed by atoms with van der Waals surface area (Å²) in [6, 6.07) is 15.9. The van der Waals surface area contributed by atoms with Crippen LogP contribution in [0.1, 0.15) is 24.1 Å². The normalized spacial score (nSPS) is 17.6. The van der Waals surface area contributed by atoms with Crippen LogP contribution in [0, 0.1) is 5.82 Å². The Hall–Kier alpha value is -3.45. The Morgan fingerprint density at radius 1 is 1.00 bits per heavy atom. The Morgan fingerprint density at radius 3 is 2.38 bits per heavy atom. The molecule has 0 radical (unpaired) electrons. The van der Waals surface area contributed by atoms with Crippen molar-refractivity contribution in [1.82, 2.24) is 9.47 Å². The van der Waals surface area contributed by atoms with E-state index in [-0.39, 0.29) is 5.82 Å². The molecule has 2 aliphatic heterocycles. The summed E-state index contributed by atoms with van der Waals surface area (Å²) in [5, 5.41) is 6.16. The Kier molecular flexibility index (Phi) is 5.96. The van der Waals surface area contributed by atoms with Gasteiger partial charge in [-0.05, 0) is 74.5 Å². The first-order valence-electron chi connectivity index (χ1n) is 11.7. The van der Waals surface area contributed by atoms with Crippen molar-refractivity contribution in [2.45, 2.75) is 25.4 Å². The maximum Gasteiger partial charge on any atom is 0.173 e. The van der Waals surface area contributed by atoms with Crippen LogP contribution in [0.3, 0.4) is 0 Å². The zero-order valence-corrected chi connectivity index (χ0v) is 20.1. The zero-order chi connectivity index (χ0) is 23.8. The van der Waals surface area contributed by atoms with Gasteiger partial charge in [0.1, 0.15) is 5.82 Å². The fourth-order valence-corrected chi connectivity index (χ4v) is 5.13. The van der Waals surface area contributed by atoms with Crippen LogP contribution in [0.2, 0.25) is 0 Å². The summed E-state index contributed by atoms with van der Waals surface area (Å²) in [5.74, 6) is 0.500. The molecule has 2 aliphatic rings. The van der Waals surface area contributed by atoms with Gasteiger partial charge in [0, 0.05) is 56.9 Å². The molecule has 1 aromatic heterocycles. The van der Waals surface area contributed by atoms with Crippen molar-refractivity contribution in [3.63, 3.8) is 0 Å². The van der Waals surface area contributed by atoms with Crippen molar-refractivity contribution in [3.05, 3.63) is 71.8 Å². The van der Waals surface area contributed by atoms with E-state index in [4.69, 9.17) is 0 Å². The summed E-state index contributed by atoms with van der Waals surface area (Å²) >= 11 is 0. The number of piperidine rings is 1. The molecule has 0 aliphatic carbocycles. The number of aliphatic imine (C=N–C) groups is 1. The number of aromatic nitrogens is 1. The number of rotatable bonds is 4. The van der Waals surface area contributed by atoms with E-state index in [1.165, 1.54) is 36.2 Å². The van der Waals surface area contributed by atoms with E-state index in [1.54, 1.807) is 19.2 Å². The number of hydrogen-bond acceptors (Lipinski definition) is 4. The van der Waals surface area contributed by atoms with Crippen LogP contribution in [0.4, 0.5) is 15.8 Å². The lowest BCUT2D eigenvalue weighted by Gasteiger charge is -2.36. The molecule has 3 heterocycles. The number of fused-ring (bicyclic) bond motifs is 2. The second-order valence-electron chi connectivity index (χ2n) is 9.24. The second-order valence-corrected chi connectivity index (χ2v) is 9.24. The molecule has 6 nitrogen and oxygen atoms in total. The molecule has 1 fully saturated rings. The Balaban J connectivity index is 1.52. The molecule has 0 N–H and O–H groups in total. The highest BCUT2D eigenvalue weighted by Gasteiger charge is 2.27. The summed E-state index contributed by atoms with van der Waals surface area (Å²) in [5.41, 5.74) is 6.34. The average molecular weight is 459 g/mol. The molecular formula is C27H31FN6. The first kappa shape index (κ1) is 22.3. The Labute approximate surface area is 200 Å². The van der Waals surface area contributed by atoms with E-state index < -0.39 is 0 Å². The number of nitrogens with zero attached hydrogens (tertiary/aromatic N) is 6. The third-order valence-corrected chi connectivity index (χ3v) is 7.05. The molecule has 2 aromatic carbocycles. The third-order valence-electron chi connectivity index (χ3n) is 7.05. The van der Waals surface area contributed by atoms with E-state index >= 15 is 0 Å². The summed E-state index contributed by atoms with van der Waals surface area (Å²) in [7, 11) is 6.11. The van der Waals surface area contributed by atoms with Gasteiger partial charge in [0.15, 0.2) is 5.84 Å². The van der Waals surface area contributed by atoms with E-state index in [9.17, 15) is 4.39 Å². The predicted octanol–water partition coefficient (Wildman–Crippen LogP) is 4.68. The quantitative estimate of drug-likeness (QED) is 0.533. The minimum Gasteiger partial charge on any atom is -0.371 e. The SMILES string of the molecule is C=NN1/C(=N\C)c2cc(-c3ccc(F)cc3)cn2Cc2cc(N3CCC(N(C)C)CC3)ccc21. The second kappa shape index (κ2) is 9.06. The topological polar surface area (TPSA) is 39.4 Å². The highest BCUT2D eigenvalue weighted by atomic mass is 19.1. The minimum absolute atomic E-state index is 0.238. The van der Waals surface area contributed by atoms with Gasteiger partial charge in [-0.25, -0.2) is 9.40 Å². The number of hydrazone groups is 1. The largest absolute Gasteiger partial charge is 0.371 e. The number of benzene rings is 2. The first-order valence-corrected chi connectivity index (χ1v) is 11.7. The van der Waals surface area contributed by atoms with E-state index in [1.807, 2.05) is 5.01 Å². The summed E-state index contributed by atoms with van der Waals surface area (Å²) in [6.07, 6.45) is 4.44. The number of amidine groups is 1. The summed E-state index contributed by atoms with van der Waals surface area (Å²) < 4.78 is 15.7. The van der Waals surface area contributed by atoms with Crippen molar-refractivity contribution >= 4 is 23.9 Å². The van der Waals surface area contributed by atoms with Gasteiger partial charge >= 0.3 is 0 Å². The lowest BCUT2D eigenvalue weighted by atomic mass is 10.0. The standard InChI is InChI=1S/C27H31FN6/c1-29-27-26-16-20(19-5-7-22(28)8-6-19)17-33(26)18-21-15-24(9-10-25(21)34(27)30-2)32-13-11-23(12-14-32)31(3)4/h5-10,15-17,23H,2,11-14,18H2,1,3-4H3/b29-27-. The molecule has 3 aromatic rings. The van der Waals surface area contributed by atoms with Crippen molar-refractivity contribution in [1.29, 1.82) is 0 Å². The molecule has 176 valence electrons. The van der Waals surface area contributed by atoms with Gasteiger partial charge < -0.3 is 14.4 Å². The molecule has 0 spiro atoms. The fraction of sp³-hybridized carbons (Fsp3) is 0.333. The van der Waals surface area contributed by atoms with Crippen molar-refractivity contribution in [2.24, 2.45) is 10.1 Å². The summed E-state index contributed by atoms with van der Waals surface area (Å²) in [6.45, 7) is 6.63. The first-order chi connectivity index (χ1) is 16.5. The van der Waals surface area contributed by atoms with Gasteiger partial charge in [0.25, 0.3) is 0 Å². The lowest BCUT2D eigenvalue weighted by molar-refractivity contribution is 0.249. The molecule has 0 unspecified atom stereocenters. The van der Waals surface area contributed by atoms with Crippen LogP contribution in [0.15, 0.2) is 64.8 Å². The number of hydrogen-bond donors (Lipinski definition) is 0. The minimum atomic E-state index is -0.238. The van der Waals surface area contributed by atoms with E-state index in [0.717, 1.165) is 41.4 Å². The molecule has 7 heteroatoms. The van der Waals surface area contributed by atoms with Gasteiger partial charge in [-0.3, -0.25) is 4.99 Å². The van der Waals surface area contributed by atoms with Crippen LogP contribution in [-0.2, 0) is 6.54 Å². The molecule has 0 bridgehead atoms. The van der Waals surface area contributed by atoms with Crippen LogP contribution in [-0.4, -0.2) is 62.3 Å². The molecule has 5 rings (SSSR count). The van der Waals surface area contributed by atoms with Gasteiger partial charge in [-0.15, -0.1) is 0 Å². The van der Waals surface area contributed by atoms with Gasteiger partial charge in [0.2, 0.25) is 0 Å². The molecule has 0 atom stereocenters. The number of anilines is 2. The summed E-state index contributed by atoms with van der Waals surface area (Å²) in [4.78, 5) is 9.38. The van der Waals surface area contributed by atoms with Crippen molar-refractivity contribution in [3.8, 4) is 11.1 Å². The maximum absolute atomic E-state index is 13.5. The lowest BCUT2D eigenvalue weighted by Crippen LogP contribution is -2.42. The van der Waals surface area contributed by atoms with Crippen LogP contribution < -0.4 is 9.91 Å². The van der Waals surface area contributed by atoms with E-state index in [2.05, 4.69) is 75.7 Å². The zero-order valence-electron chi connectivity index (χ0n) is 20.1. The highest BCUT2D eigenvalue weighted by Crippen LogP contribution is 2.35. The Bertz CT molecular complexity index is 1220.